The van der Waals surface area contributed by atoms with Gasteiger partial charge in [-0.3, -0.25) is 4.98 Å². The maximum absolute atomic E-state index is 11.4. The number of pyridine rings is 1. The summed E-state index contributed by atoms with van der Waals surface area (Å²) in [6.07, 6.45) is 3.52. The molecular weight excluding hydrogens is 288 g/mol. The number of halogens is 1. The molecule has 0 fully saturated rings. The lowest BCUT2D eigenvalue weighted by atomic mass is 10.2. The SMILES string of the molecule is COC(=O)c1ccc(Cn2ccc3ccc(Cl)cc32)nc1. The highest BCUT2D eigenvalue weighted by Gasteiger charge is 2.07. The van der Waals surface area contributed by atoms with Crippen LogP contribution in [0.4, 0.5) is 0 Å². The number of methoxy groups -OCH3 is 1. The van der Waals surface area contributed by atoms with Crippen LogP contribution in [0, 0.1) is 0 Å². The number of fused-ring (bicyclic) bond motifs is 1. The normalized spacial score (nSPS) is 10.8. The summed E-state index contributed by atoms with van der Waals surface area (Å²) >= 11 is 6.04. The smallest absolute Gasteiger partial charge is 0.339 e. The Bertz CT molecular complexity index is 794. The van der Waals surface area contributed by atoms with Crippen LogP contribution in [-0.4, -0.2) is 22.6 Å². The van der Waals surface area contributed by atoms with Crippen molar-refractivity contribution in [3.63, 3.8) is 0 Å². The lowest BCUT2D eigenvalue weighted by Crippen LogP contribution is -2.04. The van der Waals surface area contributed by atoms with Crippen molar-refractivity contribution < 1.29 is 9.53 Å². The summed E-state index contributed by atoms with van der Waals surface area (Å²) in [5.74, 6) is -0.382. The minimum Gasteiger partial charge on any atom is -0.465 e. The molecule has 5 heteroatoms. The van der Waals surface area contributed by atoms with Gasteiger partial charge in [0.15, 0.2) is 0 Å². The maximum Gasteiger partial charge on any atom is 0.339 e. The van der Waals surface area contributed by atoms with Gasteiger partial charge in [-0.25, -0.2) is 4.79 Å². The Labute approximate surface area is 126 Å². The van der Waals surface area contributed by atoms with Gasteiger partial charge >= 0.3 is 5.97 Å². The van der Waals surface area contributed by atoms with Gasteiger partial charge in [-0.2, -0.15) is 0 Å². The molecule has 0 saturated carbocycles. The third-order valence-corrected chi connectivity index (χ3v) is 3.55. The van der Waals surface area contributed by atoms with E-state index in [2.05, 4.69) is 14.3 Å². The number of hydrogen-bond acceptors (Lipinski definition) is 3. The molecule has 0 aliphatic carbocycles. The van der Waals surface area contributed by atoms with Crippen LogP contribution in [0.5, 0.6) is 0 Å². The molecule has 0 unspecified atom stereocenters. The van der Waals surface area contributed by atoms with Crippen LogP contribution in [0.3, 0.4) is 0 Å². The summed E-state index contributed by atoms with van der Waals surface area (Å²) in [7, 11) is 1.35. The van der Waals surface area contributed by atoms with Gasteiger partial charge in [0.25, 0.3) is 0 Å². The van der Waals surface area contributed by atoms with Gasteiger partial charge in [-0.15, -0.1) is 0 Å². The first-order valence-electron chi connectivity index (χ1n) is 6.45. The van der Waals surface area contributed by atoms with Crippen molar-refractivity contribution in [2.75, 3.05) is 7.11 Å². The van der Waals surface area contributed by atoms with E-state index in [-0.39, 0.29) is 5.97 Å². The summed E-state index contributed by atoms with van der Waals surface area (Å²) in [5.41, 5.74) is 2.36. The largest absolute Gasteiger partial charge is 0.465 e. The highest BCUT2D eigenvalue weighted by atomic mass is 35.5. The molecule has 2 aromatic heterocycles. The van der Waals surface area contributed by atoms with Gasteiger partial charge in [0.2, 0.25) is 0 Å². The summed E-state index contributed by atoms with van der Waals surface area (Å²) < 4.78 is 6.72. The number of carbonyl (C=O) groups is 1. The fourth-order valence-corrected chi connectivity index (χ4v) is 2.39. The molecule has 0 bridgehead atoms. The topological polar surface area (TPSA) is 44.1 Å². The molecule has 106 valence electrons. The highest BCUT2D eigenvalue weighted by Crippen LogP contribution is 2.21. The monoisotopic (exact) mass is 300 g/mol. The summed E-state index contributed by atoms with van der Waals surface area (Å²) in [5, 5.41) is 1.84. The van der Waals surface area contributed by atoms with Crippen molar-refractivity contribution >= 4 is 28.5 Å². The van der Waals surface area contributed by atoms with Crippen LogP contribution in [-0.2, 0) is 11.3 Å². The molecule has 3 rings (SSSR count). The van der Waals surface area contributed by atoms with Crippen molar-refractivity contribution in [2.45, 2.75) is 6.54 Å². The van der Waals surface area contributed by atoms with E-state index >= 15 is 0 Å². The zero-order valence-corrected chi connectivity index (χ0v) is 12.2. The predicted octanol–water partition coefficient (Wildman–Crippen LogP) is 3.52. The second-order valence-electron chi connectivity index (χ2n) is 4.68. The van der Waals surface area contributed by atoms with Gasteiger partial charge in [0.1, 0.15) is 0 Å². The van der Waals surface area contributed by atoms with Gasteiger partial charge in [-0.1, -0.05) is 17.7 Å². The average Bonchev–Trinajstić information content (AvgIpc) is 2.89. The Morgan fingerprint density at radius 3 is 2.86 bits per heavy atom. The van der Waals surface area contributed by atoms with Crippen LogP contribution in [0.2, 0.25) is 5.02 Å². The summed E-state index contributed by atoms with van der Waals surface area (Å²) in [6.45, 7) is 0.616. The Kier molecular flexibility index (Phi) is 3.62. The lowest BCUT2D eigenvalue weighted by molar-refractivity contribution is 0.0600. The molecular formula is C16H13ClN2O2. The molecule has 21 heavy (non-hydrogen) atoms. The Morgan fingerprint density at radius 2 is 2.14 bits per heavy atom. The van der Waals surface area contributed by atoms with E-state index in [1.54, 1.807) is 6.07 Å². The number of hydrogen-bond donors (Lipinski definition) is 0. The van der Waals surface area contributed by atoms with Crippen LogP contribution >= 0.6 is 11.6 Å². The van der Waals surface area contributed by atoms with Gasteiger partial charge < -0.3 is 9.30 Å². The molecule has 4 nitrogen and oxygen atoms in total. The standard InChI is InChI=1S/C16H13ClN2O2/c1-21-16(20)12-3-5-14(18-9-12)10-19-7-6-11-2-4-13(17)8-15(11)19/h2-9H,10H2,1H3. The molecule has 0 amide bonds. The van der Waals surface area contributed by atoms with Crippen LogP contribution in [0.25, 0.3) is 10.9 Å². The third-order valence-electron chi connectivity index (χ3n) is 3.31. The number of carbonyl (C=O) groups excluding carboxylic acids is 1. The second-order valence-corrected chi connectivity index (χ2v) is 5.11. The first-order chi connectivity index (χ1) is 10.2. The number of nitrogens with zero attached hydrogens (tertiary/aromatic N) is 2. The number of rotatable bonds is 3. The molecule has 2 heterocycles. The average molecular weight is 301 g/mol. The predicted molar refractivity (Wildman–Crippen MR) is 81.6 cm³/mol. The van der Waals surface area contributed by atoms with Gasteiger partial charge in [-0.05, 0) is 35.7 Å². The first kappa shape index (κ1) is 13.6. The first-order valence-corrected chi connectivity index (χ1v) is 6.83. The van der Waals surface area contributed by atoms with Gasteiger partial charge in [0.05, 0.1) is 24.9 Å². The Balaban J connectivity index is 1.88. The van der Waals surface area contributed by atoms with Crippen molar-refractivity contribution in [1.82, 2.24) is 9.55 Å². The third kappa shape index (κ3) is 2.76. The molecule has 3 aromatic rings. The van der Waals surface area contributed by atoms with Crippen LogP contribution < -0.4 is 0 Å². The molecule has 0 radical (unpaired) electrons. The number of ether oxygens (including phenoxy) is 1. The van der Waals surface area contributed by atoms with E-state index in [0.29, 0.717) is 17.1 Å². The van der Waals surface area contributed by atoms with Crippen LogP contribution in [0.15, 0.2) is 48.8 Å². The van der Waals surface area contributed by atoms with Crippen molar-refractivity contribution in [2.24, 2.45) is 0 Å². The molecule has 0 N–H and O–H groups in total. The van der Waals surface area contributed by atoms with Gasteiger partial charge in [0, 0.05) is 22.9 Å². The highest BCUT2D eigenvalue weighted by molar-refractivity contribution is 6.31. The molecule has 1 aromatic carbocycles. The van der Waals surface area contributed by atoms with E-state index in [0.717, 1.165) is 16.6 Å². The minimum absolute atomic E-state index is 0.382. The fraction of sp³-hybridized carbons (Fsp3) is 0.125. The van der Waals surface area contributed by atoms with E-state index < -0.39 is 0 Å². The summed E-state index contributed by atoms with van der Waals surface area (Å²) in [4.78, 5) is 15.7. The number of benzene rings is 1. The van der Waals surface area contributed by atoms with Crippen LogP contribution in [0.1, 0.15) is 16.1 Å². The second kappa shape index (κ2) is 5.58. The molecule has 0 saturated heterocycles. The number of esters is 1. The maximum atomic E-state index is 11.4. The van der Waals surface area contributed by atoms with Crippen molar-refractivity contribution in [3.05, 3.63) is 65.1 Å². The Hall–Kier alpha value is -2.33. The quantitative estimate of drug-likeness (QED) is 0.695. The van der Waals surface area contributed by atoms with E-state index in [9.17, 15) is 4.79 Å². The van der Waals surface area contributed by atoms with E-state index in [1.165, 1.54) is 13.3 Å². The minimum atomic E-state index is -0.382. The van der Waals surface area contributed by atoms with Crippen molar-refractivity contribution in [3.8, 4) is 0 Å². The molecule has 0 spiro atoms. The number of aromatic nitrogens is 2. The van der Waals surface area contributed by atoms with Crippen molar-refractivity contribution in [1.29, 1.82) is 0 Å². The molecule has 0 atom stereocenters. The fourth-order valence-electron chi connectivity index (χ4n) is 2.23. The summed E-state index contributed by atoms with van der Waals surface area (Å²) in [6, 6.07) is 11.4. The van der Waals surface area contributed by atoms with E-state index in [1.807, 2.05) is 36.5 Å². The molecule has 0 aliphatic heterocycles. The molecule has 0 aliphatic rings. The lowest BCUT2D eigenvalue weighted by Gasteiger charge is -2.06. The Morgan fingerprint density at radius 1 is 1.29 bits per heavy atom. The zero-order valence-electron chi connectivity index (χ0n) is 11.4. The zero-order chi connectivity index (χ0) is 14.8. The van der Waals surface area contributed by atoms with E-state index in [4.69, 9.17) is 11.6 Å².